The van der Waals surface area contributed by atoms with E-state index >= 15 is 0 Å². The molecule has 1 saturated carbocycles. The second kappa shape index (κ2) is 7.28. The predicted molar refractivity (Wildman–Crippen MR) is 110 cm³/mol. The monoisotopic (exact) mass is 413 g/mol. The number of pyridine rings is 1. The number of nitrogens with zero attached hydrogens (tertiary/aromatic N) is 8. The highest BCUT2D eigenvalue weighted by atomic mass is 16.5. The standard InChI is InChI=1S/C21H19N9O/c1-21(14-2-3-14,15-4-5-16(24-9-15)17-10-26-18(23)11-25-17)20-28-19(31-29-20)13-8-27-30(12-13)7-6-22/h4-5,8-12,14H,2-3,7H2,1H3,(H2,23,26). The Morgan fingerprint density at radius 1 is 1.16 bits per heavy atom. The smallest absolute Gasteiger partial charge is 0.261 e. The first-order valence-corrected chi connectivity index (χ1v) is 9.86. The molecule has 1 aliphatic rings. The summed E-state index contributed by atoms with van der Waals surface area (Å²) < 4.78 is 7.07. The van der Waals surface area contributed by atoms with Gasteiger partial charge in [-0.05, 0) is 37.3 Å². The number of hydrogen-bond acceptors (Lipinski definition) is 9. The van der Waals surface area contributed by atoms with Crippen molar-refractivity contribution in [3.8, 4) is 28.9 Å². The Bertz CT molecular complexity index is 1250. The fraction of sp³-hybridized carbons (Fsp3) is 0.286. The largest absolute Gasteiger partial charge is 0.382 e. The topological polar surface area (TPSA) is 145 Å². The van der Waals surface area contributed by atoms with Gasteiger partial charge in [-0.25, -0.2) is 9.97 Å². The van der Waals surface area contributed by atoms with E-state index in [0.29, 0.717) is 40.4 Å². The number of nitrogen functional groups attached to an aromatic ring is 1. The molecule has 0 bridgehead atoms. The molecule has 1 atom stereocenters. The maximum Gasteiger partial charge on any atom is 0.261 e. The molecule has 4 aromatic rings. The second-order valence-corrected chi connectivity index (χ2v) is 7.74. The van der Waals surface area contributed by atoms with Crippen molar-refractivity contribution >= 4 is 5.82 Å². The van der Waals surface area contributed by atoms with Gasteiger partial charge in [0.1, 0.15) is 18.1 Å². The van der Waals surface area contributed by atoms with E-state index in [1.807, 2.05) is 18.3 Å². The van der Waals surface area contributed by atoms with Crippen molar-refractivity contribution in [1.82, 2.24) is 34.9 Å². The maximum absolute atomic E-state index is 8.83. The molecule has 5 rings (SSSR count). The quantitative estimate of drug-likeness (QED) is 0.504. The average Bonchev–Trinajstić information content (AvgIpc) is 3.35. The summed E-state index contributed by atoms with van der Waals surface area (Å²) in [5, 5.41) is 17.3. The Hall–Kier alpha value is -4.13. The molecule has 154 valence electrons. The molecule has 0 spiro atoms. The van der Waals surface area contributed by atoms with E-state index in [4.69, 9.17) is 15.5 Å². The molecule has 2 N–H and O–H groups in total. The Kier molecular flexibility index (Phi) is 4.43. The first kappa shape index (κ1) is 18.9. The van der Waals surface area contributed by atoms with Crippen LogP contribution in [-0.4, -0.2) is 34.9 Å². The van der Waals surface area contributed by atoms with Gasteiger partial charge in [0, 0.05) is 12.4 Å². The zero-order valence-electron chi connectivity index (χ0n) is 16.8. The van der Waals surface area contributed by atoms with Crippen molar-refractivity contribution in [2.45, 2.75) is 31.7 Å². The van der Waals surface area contributed by atoms with Crippen LogP contribution in [0, 0.1) is 17.2 Å². The summed E-state index contributed by atoms with van der Waals surface area (Å²) in [6, 6.07) is 6.00. The minimum absolute atomic E-state index is 0.164. The highest BCUT2D eigenvalue weighted by Gasteiger charge is 2.47. The zero-order chi connectivity index (χ0) is 21.4. The molecule has 1 fully saturated rings. The summed E-state index contributed by atoms with van der Waals surface area (Å²) in [5.74, 6) is 1.77. The SMILES string of the molecule is CC(c1ccc(-c2cnc(N)cn2)nc1)(c1noc(-c2cnn(CC#N)c2)n1)C1CC1. The van der Waals surface area contributed by atoms with Gasteiger partial charge < -0.3 is 10.3 Å². The summed E-state index contributed by atoms with van der Waals surface area (Å²) in [6.07, 6.45) is 10.5. The number of hydrogen-bond donors (Lipinski definition) is 1. The molecule has 0 aromatic carbocycles. The van der Waals surface area contributed by atoms with Crippen LogP contribution in [0.2, 0.25) is 0 Å². The Balaban J connectivity index is 1.47. The molecule has 0 aliphatic heterocycles. The third-order valence-corrected chi connectivity index (χ3v) is 5.69. The highest BCUT2D eigenvalue weighted by Crippen LogP contribution is 2.50. The summed E-state index contributed by atoms with van der Waals surface area (Å²) in [6.45, 7) is 2.29. The van der Waals surface area contributed by atoms with Crippen molar-refractivity contribution in [1.29, 1.82) is 5.26 Å². The van der Waals surface area contributed by atoms with Crippen LogP contribution in [0.4, 0.5) is 5.82 Å². The van der Waals surface area contributed by atoms with Gasteiger partial charge >= 0.3 is 0 Å². The Morgan fingerprint density at radius 3 is 2.68 bits per heavy atom. The van der Waals surface area contributed by atoms with E-state index in [-0.39, 0.29) is 6.54 Å². The van der Waals surface area contributed by atoms with Crippen molar-refractivity contribution in [3.05, 3.63) is 54.5 Å². The van der Waals surface area contributed by atoms with E-state index in [0.717, 1.165) is 18.4 Å². The Labute approximate surface area is 177 Å². The molecule has 10 nitrogen and oxygen atoms in total. The van der Waals surface area contributed by atoms with Gasteiger partial charge in [-0.15, -0.1) is 0 Å². The zero-order valence-corrected chi connectivity index (χ0v) is 16.8. The molecule has 0 amide bonds. The van der Waals surface area contributed by atoms with Crippen LogP contribution in [-0.2, 0) is 12.0 Å². The minimum atomic E-state index is -0.428. The molecule has 0 saturated heterocycles. The lowest BCUT2D eigenvalue weighted by Crippen LogP contribution is -2.28. The third-order valence-electron chi connectivity index (χ3n) is 5.69. The molecular weight excluding hydrogens is 394 g/mol. The third kappa shape index (κ3) is 3.40. The van der Waals surface area contributed by atoms with Gasteiger partial charge in [-0.1, -0.05) is 11.2 Å². The van der Waals surface area contributed by atoms with Crippen molar-refractivity contribution in [3.63, 3.8) is 0 Å². The molecule has 4 aromatic heterocycles. The lowest BCUT2D eigenvalue weighted by molar-refractivity contribution is 0.386. The fourth-order valence-corrected chi connectivity index (χ4v) is 3.72. The molecule has 31 heavy (non-hydrogen) atoms. The molecule has 0 radical (unpaired) electrons. The molecule has 1 unspecified atom stereocenters. The first-order chi connectivity index (χ1) is 15.1. The van der Waals surface area contributed by atoms with Crippen LogP contribution in [0.3, 0.4) is 0 Å². The van der Waals surface area contributed by atoms with Crippen molar-refractivity contribution in [2.75, 3.05) is 5.73 Å². The van der Waals surface area contributed by atoms with Gasteiger partial charge in [-0.2, -0.15) is 15.3 Å². The summed E-state index contributed by atoms with van der Waals surface area (Å²) in [4.78, 5) is 17.6. The number of aromatic nitrogens is 7. The van der Waals surface area contributed by atoms with Crippen LogP contribution in [0.25, 0.3) is 22.8 Å². The van der Waals surface area contributed by atoms with Crippen LogP contribution >= 0.6 is 0 Å². The van der Waals surface area contributed by atoms with Crippen molar-refractivity contribution in [2.24, 2.45) is 5.92 Å². The van der Waals surface area contributed by atoms with E-state index in [1.165, 1.54) is 10.9 Å². The normalized spacial score (nSPS) is 15.4. The number of nitrogens with two attached hydrogens (primary N) is 1. The predicted octanol–water partition coefficient (Wildman–Crippen LogP) is 2.61. The number of nitriles is 1. The van der Waals surface area contributed by atoms with Gasteiger partial charge in [0.15, 0.2) is 5.82 Å². The average molecular weight is 413 g/mol. The fourth-order valence-electron chi connectivity index (χ4n) is 3.72. The lowest BCUT2D eigenvalue weighted by atomic mass is 9.77. The van der Waals surface area contributed by atoms with Gasteiger partial charge in [0.25, 0.3) is 5.89 Å². The molecule has 4 heterocycles. The van der Waals surface area contributed by atoms with Gasteiger partial charge in [0.2, 0.25) is 0 Å². The van der Waals surface area contributed by atoms with Crippen LogP contribution in [0.5, 0.6) is 0 Å². The summed E-state index contributed by atoms with van der Waals surface area (Å²) in [5.41, 5.74) is 8.25. The molecular formula is C21H19N9O. The number of anilines is 1. The van der Waals surface area contributed by atoms with E-state index < -0.39 is 5.41 Å². The Morgan fingerprint density at radius 2 is 2.00 bits per heavy atom. The lowest BCUT2D eigenvalue weighted by Gasteiger charge is -2.26. The highest BCUT2D eigenvalue weighted by molar-refractivity contribution is 5.55. The van der Waals surface area contributed by atoms with Gasteiger partial charge in [-0.3, -0.25) is 9.67 Å². The van der Waals surface area contributed by atoms with E-state index in [2.05, 4.69) is 43.2 Å². The van der Waals surface area contributed by atoms with Gasteiger partial charge in [0.05, 0.1) is 41.3 Å². The molecule has 1 aliphatic carbocycles. The van der Waals surface area contributed by atoms with Crippen LogP contribution in [0.15, 0.2) is 47.6 Å². The van der Waals surface area contributed by atoms with Crippen molar-refractivity contribution < 1.29 is 4.52 Å². The maximum atomic E-state index is 8.83. The summed E-state index contributed by atoms with van der Waals surface area (Å²) in [7, 11) is 0. The van der Waals surface area contributed by atoms with Crippen LogP contribution < -0.4 is 5.73 Å². The molecule has 10 heteroatoms. The minimum Gasteiger partial charge on any atom is -0.382 e. The van der Waals surface area contributed by atoms with E-state index in [9.17, 15) is 0 Å². The van der Waals surface area contributed by atoms with Crippen LogP contribution in [0.1, 0.15) is 31.2 Å². The summed E-state index contributed by atoms with van der Waals surface area (Å²) >= 11 is 0. The number of rotatable bonds is 6. The second-order valence-electron chi connectivity index (χ2n) is 7.74. The first-order valence-electron chi connectivity index (χ1n) is 9.86. The van der Waals surface area contributed by atoms with E-state index in [1.54, 1.807) is 18.6 Å².